The normalized spacial score (nSPS) is 11.2. The summed E-state index contributed by atoms with van der Waals surface area (Å²) >= 11 is 0. The molecule has 0 aliphatic heterocycles. The van der Waals surface area contributed by atoms with E-state index in [1.165, 1.54) is 0 Å². The fourth-order valence-electron chi connectivity index (χ4n) is 0.589. The molecule has 16 heavy (non-hydrogen) atoms. The van der Waals surface area contributed by atoms with Gasteiger partial charge in [-0.1, -0.05) is 6.58 Å². The summed E-state index contributed by atoms with van der Waals surface area (Å²) < 4.78 is 9.67. The average Bonchev–Trinajstić information content (AvgIpc) is 2.14. The lowest BCUT2D eigenvalue weighted by molar-refractivity contribution is -0.352. The topological polar surface area (TPSA) is 54.0 Å². The maximum atomic E-state index is 10.9. The summed E-state index contributed by atoms with van der Waals surface area (Å²) in [5.74, 6) is -0.466. The third kappa shape index (κ3) is 9.64. The predicted octanol–water partition coefficient (Wildman–Crippen LogP) is 1.83. The van der Waals surface area contributed by atoms with E-state index in [0.717, 1.165) is 0 Å². The van der Waals surface area contributed by atoms with Gasteiger partial charge in [0.1, 0.15) is 6.61 Å². The zero-order chi connectivity index (χ0) is 12.6. The van der Waals surface area contributed by atoms with E-state index in [0.29, 0.717) is 12.2 Å². The molecule has 0 aromatic heterocycles. The Kier molecular flexibility index (Phi) is 6.96. The SMILES string of the molecule is C=C(C)C(=O)OCOCCOOC(C)(C)C. The van der Waals surface area contributed by atoms with Crippen molar-refractivity contribution in [1.82, 2.24) is 0 Å². The molecule has 0 saturated carbocycles. The molecular weight excluding hydrogens is 212 g/mol. The van der Waals surface area contributed by atoms with E-state index >= 15 is 0 Å². The lowest BCUT2D eigenvalue weighted by Crippen LogP contribution is -2.21. The number of carbonyl (C=O) groups is 1. The van der Waals surface area contributed by atoms with E-state index < -0.39 is 5.97 Å². The van der Waals surface area contributed by atoms with Crippen LogP contribution >= 0.6 is 0 Å². The molecule has 94 valence electrons. The largest absolute Gasteiger partial charge is 0.435 e. The van der Waals surface area contributed by atoms with Crippen LogP contribution in [0, 0.1) is 0 Å². The van der Waals surface area contributed by atoms with Crippen molar-refractivity contribution in [2.24, 2.45) is 0 Å². The summed E-state index contributed by atoms with van der Waals surface area (Å²) in [7, 11) is 0. The molecule has 0 rings (SSSR count). The highest BCUT2D eigenvalue weighted by Gasteiger charge is 2.10. The van der Waals surface area contributed by atoms with Crippen LogP contribution in [0.3, 0.4) is 0 Å². The quantitative estimate of drug-likeness (QED) is 0.167. The lowest BCUT2D eigenvalue weighted by Gasteiger charge is -2.17. The second-order valence-electron chi connectivity index (χ2n) is 4.26. The Morgan fingerprint density at radius 2 is 1.88 bits per heavy atom. The van der Waals surface area contributed by atoms with Crippen molar-refractivity contribution in [3.05, 3.63) is 12.2 Å². The zero-order valence-electron chi connectivity index (χ0n) is 10.4. The Bertz CT molecular complexity index is 229. The van der Waals surface area contributed by atoms with Crippen molar-refractivity contribution in [2.45, 2.75) is 33.3 Å². The smallest absolute Gasteiger partial charge is 0.335 e. The molecule has 0 heterocycles. The van der Waals surface area contributed by atoms with Gasteiger partial charge in [0.25, 0.3) is 0 Å². The summed E-state index contributed by atoms with van der Waals surface area (Å²) in [6, 6.07) is 0. The van der Waals surface area contributed by atoms with Crippen LogP contribution in [0.25, 0.3) is 0 Å². The van der Waals surface area contributed by atoms with E-state index in [9.17, 15) is 4.79 Å². The van der Waals surface area contributed by atoms with Gasteiger partial charge in [-0.3, -0.25) is 0 Å². The number of rotatable bonds is 7. The Morgan fingerprint density at radius 3 is 2.38 bits per heavy atom. The minimum Gasteiger partial charge on any atom is -0.435 e. The van der Waals surface area contributed by atoms with Crippen molar-refractivity contribution in [1.29, 1.82) is 0 Å². The first-order valence-electron chi connectivity index (χ1n) is 5.04. The van der Waals surface area contributed by atoms with Gasteiger partial charge in [0.15, 0.2) is 6.79 Å². The molecule has 0 N–H and O–H groups in total. The number of esters is 1. The Labute approximate surface area is 96.2 Å². The summed E-state index contributed by atoms with van der Waals surface area (Å²) in [6.07, 6.45) is 0. The maximum Gasteiger partial charge on any atom is 0.335 e. The third-order valence-corrected chi connectivity index (χ3v) is 1.24. The summed E-state index contributed by atoms with van der Waals surface area (Å²) in [5, 5.41) is 0. The van der Waals surface area contributed by atoms with E-state index in [2.05, 4.69) is 6.58 Å². The standard InChI is InChI=1S/C11H20O5/c1-9(2)10(12)14-8-13-6-7-15-16-11(3,4)5/h1,6-8H2,2-5H3. The maximum absolute atomic E-state index is 10.9. The van der Waals surface area contributed by atoms with Crippen LogP contribution < -0.4 is 0 Å². The molecule has 0 radical (unpaired) electrons. The zero-order valence-corrected chi connectivity index (χ0v) is 10.4. The first-order chi connectivity index (χ1) is 7.33. The Balaban J connectivity index is 3.29. The second kappa shape index (κ2) is 7.38. The van der Waals surface area contributed by atoms with Crippen molar-refractivity contribution >= 4 is 5.97 Å². The highest BCUT2D eigenvalue weighted by molar-refractivity contribution is 5.86. The third-order valence-electron chi connectivity index (χ3n) is 1.24. The first-order valence-corrected chi connectivity index (χ1v) is 5.04. The lowest BCUT2D eigenvalue weighted by atomic mass is 10.2. The first kappa shape index (κ1) is 15.1. The molecule has 0 aliphatic rings. The molecule has 0 atom stereocenters. The monoisotopic (exact) mass is 232 g/mol. The van der Waals surface area contributed by atoms with Gasteiger partial charge in [-0.05, 0) is 27.7 Å². The van der Waals surface area contributed by atoms with Crippen LogP contribution in [-0.4, -0.2) is 31.6 Å². The Morgan fingerprint density at radius 1 is 1.25 bits per heavy atom. The molecule has 0 unspecified atom stereocenters. The van der Waals surface area contributed by atoms with Crippen molar-refractivity contribution in [2.75, 3.05) is 20.0 Å². The van der Waals surface area contributed by atoms with Gasteiger partial charge in [-0.25, -0.2) is 14.6 Å². The summed E-state index contributed by atoms with van der Waals surface area (Å²) in [4.78, 5) is 20.8. The molecule has 5 nitrogen and oxygen atoms in total. The van der Waals surface area contributed by atoms with E-state index in [-0.39, 0.29) is 19.0 Å². The molecule has 0 bridgehead atoms. The van der Waals surface area contributed by atoms with Gasteiger partial charge >= 0.3 is 5.97 Å². The van der Waals surface area contributed by atoms with E-state index in [1.54, 1.807) is 6.92 Å². The minimum absolute atomic E-state index is 0.107. The predicted molar refractivity (Wildman–Crippen MR) is 58.5 cm³/mol. The highest BCUT2D eigenvalue weighted by Crippen LogP contribution is 2.06. The number of ether oxygens (including phenoxy) is 2. The van der Waals surface area contributed by atoms with Gasteiger partial charge in [-0.15, -0.1) is 0 Å². The fourth-order valence-corrected chi connectivity index (χ4v) is 0.589. The molecule has 0 fully saturated rings. The van der Waals surface area contributed by atoms with Gasteiger partial charge in [0.2, 0.25) is 0 Å². The van der Waals surface area contributed by atoms with Crippen molar-refractivity contribution in [3.63, 3.8) is 0 Å². The van der Waals surface area contributed by atoms with Gasteiger partial charge < -0.3 is 9.47 Å². The minimum atomic E-state index is -0.466. The molecule has 0 aliphatic carbocycles. The molecule has 0 spiro atoms. The van der Waals surface area contributed by atoms with Crippen molar-refractivity contribution in [3.8, 4) is 0 Å². The van der Waals surface area contributed by atoms with Crippen LogP contribution in [-0.2, 0) is 24.0 Å². The van der Waals surface area contributed by atoms with Crippen LogP contribution in [0.4, 0.5) is 0 Å². The molecule has 5 heteroatoms. The summed E-state index contributed by atoms with van der Waals surface area (Å²) in [5.41, 5.74) is 0.00259. The molecule has 0 aromatic carbocycles. The van der Waals surface area contributed by atoms with Crippen LogP contribution in [0.2, 0.25) is 0 Å². The fraction of sp³-hybridized carbons (Fsp3) is 0.727. The van der Waals surface area contributed by atoms with Crippen molar-refractivity contribution < 1.29 is 24.0 Å². The van der Waals surface area contributed by atoms with Crippen LogP contribution in [0.1, 0.15) is 27.7 Å². The number of hydrogen-bond donors (Lipinski definition) is 0. The number of carbonyl (C=O) groups excluding carboxylic acids is 1. The Hall–Kier alpha value is -0.910. The molecular formula is C11H20O5. The molecule has 0 saturated heterocycles. The number of hydrogen-bond acceptors (Lipinski definition) is 5. The molecule has 0 aromatic rings. The van der Waals surface area contributed by atoms with Crippen LogP contribution in [0.5, 0.6) is 0 Å². The van der Waals surface area contributed by atoms with Gasteiger partial charge in [0, 0.05) is 5.57 Å². The summed E-state index contributed by atoms with van der Waals surface area (Å²) in [6.45, 7) is 11.1. The van der Waals surface area contributed by atoms with Gasteiger partial charge in [0.05, 0.1) is 12.2 Å². The molecule has 0 amide bonds. The van der Waals surface area contributed by atoms with E-state index in [1.807, 2.05) is 20.8 Å². The second-order valence-corrected chi connectivity index (χ2v) is 4.26. The van der Waals surface area contributed by atoms with Gasteiger partial charge in [-0.2, -0.15) is 0 Å². The van der Waals surface area contributed by atoms with Crippen LogP contribution in [0.15, 0.2) is 12.2 Å². The highest BCUT2D eigenvalue weighted by atomic mass is 17.2. The average molecular weight is 232 g/mol. The van der Waals surface area contributed by atoms with E-state index in [4.69, 9.17) is 19.2 Å².